The Kier molecular flexibility index (Phi) is 2.98. The van der Waals surface area contributed by atoms with Gasteiger partial charge < -0.3 is 5.32 Å². The number of anilines is 1. The average Bonchev–Trinajstić information content (AvgIpc) is 3.04. The predicted molar refractivity (Wildman–Crippen MR) is 70.3 cm³/mol. The SMILES string of the molecule is CC(=O)Nc1cc(-c2cn(CC3CC3)nn2)ccn1. The molecule has 0 saturated heterocycles. The Morgan fingerprint density at radius 2 is 2.37 bits per heavy atom. The fourth-order valence-corrected chi connectivity index (χ4v) is 1.92. The summed E-state index contributed by atoms with van der Waals surface area (Å²) in [5, 5.41) is 10.9. The molecule has 0 spiro atoms. The number of carbonyl (C=O) groups is 1. The van der Waals surface area contributed by atoms with E-state index in [0.717, 1.165) is 23.7 Å². The molecule has 0 unspecified atom stereocenters. The van der Waals surface area contributed by atoms with Crippen LogP contribution in [0.15, 0.2) is 24.5 Å². The van der Waals surface area contributed by atoms with Crippen molar-refractivity contribution in [2.24, 2.45) is 5.92 Å². The fourth-order valence-electron chi connectivity index (χ4n) is 1.92. The molecule has 2 aromatic heterocycles. The highest BCUT2D eigenvalue weighted by Crippen LogP contribution is 2.30. The lowest BCUT2D eigenvalue weighted by molar-refractivity contribution is -0.114. The molecule has 1 fully saturated rings. The number of pyridine rings is 1. The Morgan fingerprint density at radius 3 is 3.11 bits per heavy atom. The van der Waals surface area contributed by atoms with Crippen molar-refractivity contribution in [3.05, 3.63) is 24.5 Å². The number of hydrogen-bond donors (Lipinski definition) is 1. The highest BCUT2D eigenvalue weighted by Gasteiger charge is 2.22. The van der Waals surface area contributed by atoms with E-state index in [0.29, 0.717) is 5.82 Å². The summed E-state index contributed by atoms with van der Waals surface area (Å²) < 4.78 is 1.88. The smallest absolute Gasteiger partial charge is 0.222 e. The molecule has 3 rings (SSSR count). The van der Waals surface area contributed by atoms with Crippen LogP contribution in [-0.2, 0) is 11.3 Å². The minimum absolute atomic E-state index is 0.137. The van der Waals surface area contributed by atoms with Gasteiger partial charge in [0.15, 0.2) is 0 Å². The van der Waals surface area contributed by atoms with E-state index >= 15 is 0 Å². The van der Waals surface area contributed by atoms with Gasteiger partial charge >= 0.3 is 0 Å². The molecule has 0 aliphatic heterocycles. The summed E-state index contributed by atoms with van der Waals surface area (Å²) in [5.41, 5.74) is 1.70. The van der Waals surface area contributed by atoms with E-state index < -0.39 is 0 Å². The summed E-state index contributed by atoms with van der Waals surface area (Å²) in [6.07, 6.45) is 6.17. The second-order valence-electron chi connectivity index (χ2n) is 4.88. The van der Waals surface area contributed by atoms with Crippen molar-refractivity contribution in [2.75, 3.05) is 5.32 Å². The lowest BCUT2D eigenvalue weighted by atomic mass is 10.2. The standard InChI is InChI=1S/C13H15N5O/c1-9(19)15-13-6-11(4-5-14-13)12-8-18(17-16-12)7-10-2-3-10/h4-6,8,10H,2-3,7H2,1H3,(H,14,15,19). The van der Waals surface area contributed by atoms with Crippen molar-refractivity contribution in [1.82, 2.24) is 20.0 Å². The zero-order valence-electron chi connectivity index (χ0n) is 10.7. The normalized spacial score (nSPS) is 14.4. The van der Waals surface area contributed by atoms with Crippen LogP contribution in [0.3, 0.4) is 0 Å². The number of nitrogens with zero attached hydrogens (tertiary/aromatic N) is 4. The Hall–Kier alpha value is -2.24. The number of amides is 1. The van der Waals surface area contributed by atoms with Crippen molar-refractivity contribution in [3.8, 4) is 11.3 Å². The number of carbonyl (C=O) groups excluding carboxylic acids is 1. The van der Waals surface area contributed by atoms with Crippen LogP contribution in [0.5, 0.6) is 0 Å². The van der Waals surface area contributed by atoms with Crippen LogP contribution in [0.25, 0.3) is 11.3 Å². The summed E-state index contributed by atoms with van der Waals surface area (Å²) in [6.45, 7) is 2.40. The fraction of sp³-hybridized carbons (Fsp3) is 0.385. The van der Waals surface area contributed by atoms with Crippen LogP contribution in [0.2, 0.25) is 0 Å². The van der Waals surface area contributed by atoms with Gasteiger partial charge in [-0.3, -0.25) is 9.48 Å². The van der Waals surface area contributed by atoms with Gasteiger partial charge in [0.2, 0.25) is 5.91 Å². The third-order valence-corrected chi connectivity index (χ3v) is 3.04. The molecule has 1 aliphatic rings. The molecule has 2 heterocycles. The maximum Gasteiger partial charge on any atom is 0.222 e. The first-order chi connectivity index (χ1) is 9.20. The summed E-state index contributed by atoms with van der Waals surface area (Å²) in [6, 6.07) is 3.66. The minimum Gasteiger partial charge on any atom is -0.311 e. The average molecular weight is 257 g/mol. The molecule has 2 aromatic rings. The lowest BCUT2D eigenvalue weighted by Gasteiger charge is -2.02. The second kappa shape index (κ2) is 4.79. The molecular weight excluding hydrogens is 242 g/mol. The molecule has 1 aliphatic carbocycles. The number of nitrogens with one attached hydrogen (secondary N) is 1. The molecule has 0 bridgehead atoms. The maximum atomic E-state index is 11.0. The molecule has 6 nitrogen and oxygen atoms in total. The van der Waals surface area contributed by atoms with E-state index in [4.69, 9.17) is 0 Å². The number of rotatable bonds is 4. The monoisotopic (exact) mass is 257 g/mol. The highest BCUT2D eigenvalue weighted by molar-refractivity contribution is 5.88. The van der Waals surface area contributed by atoms with Gasteiger partial charge in [0.25, 0.3) is 0 Å². The van der Waals surface area contributed by atoms with Crippen molar-refractivity contribution in [1.29, 1.82) is 0 Å². The number of hydrogen-bond acceptors (Lipinski definition) is 4. The van der Waals surface area contributed by atoms with E-state index in [1.165, 1.54) is 19.8 Å². The Labute approximate surface area is 110 Å². The van der Waals surface area contributed by atoms with E-state index in [1.807, 2.05) is 16.9 Å². The molecule has 1 amide bonds. The largest absolute Gasteiger partial charge is 0.311 e. The molecular formula is C13H15N5O. The van der Waals surface area contributed by atoms with Gasteiger partial charge in [-0.1, -0.05) is 5.21 Å². The maximum absolute atomic E-state index is 11.0. The third-order valence-electron chi connectivity index (χ3n) is 3.04. The quantitative estimate of drug-likeness (QED) is 0.905. The van der Waals surface area contributed by atoms with Crippen LogP contribution in [0, 0.1) is 5.92 Å². The number of aromatic nitrogens is 4. The summed E-state index contributed by atoms with van der Waals surface area (Å²) >= 11 is 0. The van der Waals surface area contributed by atoms with Crippen LogP contribution < -0.4 is 5.32 Å². The van der Waals surface area contributed by atoms with Gasteiger partial charge in [-0.25, -0.2) is 4.98 Å². The molecule has 0 aromatic carbocycles. The van der Waals surface area contributed by atoms with Crippen LogP contribution in [0.4, 0.5) is 5.82 Å². The van der Waals surface area contributed by atoms with E-state index in [9.17, 15) is 4.79 Å². The van der Waals surface area contributed by atoms with Crippen molar-refractivity contribution in [2.45, 2.75) is 26.3 Å². The Bertz CT molecular complexity index is 603. The zero-order chi connectivity index (χ0) is 13.2. The highest BCUT2D eigenvalue weighted by atomic mass is 16.1. The molecule has 1 saturated carbocycles. The first kappa shape index (κ1) is 11.8. The van der Waals surface area contributed by atoms with Gasteiger partial charge in [-0.15, -0.1) is 5.10 Å². The molecule has 6 heteroatoms. The first-order valence-corrected chi connectivity index (χ1v) is 6.35. The second-order valence-corrected chi connectivity index (χ2v) is 4.88. The molecule has 0 radical (unpaired) electrons. The van der Waals surface area contributed by atoms with Gasteiger partial charge in [0.05, 0.1) is 6.20 Å². The molecule has 98 valence electrons. The molecule has 0 atom stereocenters. The Morgan fingerprint density at radius 1 is 1.53 bits per heavy atom. The van der Waals surface area contributed by atoms with Crippen molar-refractivity contribution < 1.29 is 4.79 Å². The van der Waals surface area contributed by atoms with Gasteiger partial charge in [0, 0.05) is 25.2 Å². The van der Waals surface area contributed by atoms with E-state index in [2.05, 4.69) is 20.6 Å². The van der Waals surface area contributed by atoms with Crippen molar-refractivity contribution in [3.63, 3.8) is 0 Å². The van der Waals surface area contributed by atoms with Gasteiger partial charge in [0.1, 0.15) is 11.5 Å². The summed E-state index contributed by atoms with van der Waals surface area (Å²) in [7, 11) is 0. The zero-order valence-corrected chi connectivity index (χ0v) is 10.7. The van der Waals surface area contributed by atoms with Crippen LogP contribution in [-0.4, -0.2) is 25.9 Å². The van der Waals surface area contributed by atoms with E-state index in [-0.39, 0.29) is 5.91 Å². The Balaban J connectivity index is 1.80. The molecule has 1 N–H and O–H groups in total. The van der Waals surface area contributed by atoms with Crippen LogP contribution in [0.1, 0.15) is 19.8 Å². The van der Waals surface area contributed by atoms with E-state index in [1.54, 1.807) is 12.3 Å². The lowest BCUT2D eigenvalue weighted by Crippen LogP contribution is -2.07. The summed E-state index contributed by atoms with van der Waals surface area (Å²) in [4.78, 5) is 15.1. The van der Waals surface area contributed by atoms with Crippen LogP contribution >= 0.6 is 0 Å². The van der Waals surface area contributed by atoms with Gasteiger partial charge in [-0.05, 0) is 30.9 Å². The third kappa shape index (κ3) is 2.96. The summed E-state index contributed by atoms with van der Waals surface area (Å²) in [5.74, 6) is 1.16. The topological polar surface area (TPSA) is 72.7 Å². The minimum atomic E-state index is -0.137. The van der Waals surface area contributed by atoms with Crippen molar-refractivity contribution >= 4 is 11.7 Å². The molecule has 19 heavy (non-hydrogen) atoms. The first-order valence-electron chi connectivity index (χ1n) is 6.35. The predicted octanol–water partition coefficient (Wildman–Crippen LogP) is 1.71. The van der Waals surface area contributed by atoms with Gasteiger partial charge in [-0.2, -0.15) is 0 Å².